The molecule has 0 heterocycles. The lowest BCUT2D eigenvalue weighted by Crippen LogP contribution is -1.90. The minimum Gasteiger partial charge on any atom is -0.496 e. The zero-order valence-corrected chi connectivity index (χ0v) is 11.3. The number of para-hydroxylation sites is 1. The van der Waals surface area contributed by atoms with Crippen molar-refractivity contribution in [2.24, 2.45) is 0 Å². The van der Waals surface area contributed by atoms with Gasteiger partial charge in [-0.2, -0.15) is 0 Å². The SMILES string of the molecule is COc1ccccc1Sc1ccc([C@@H](C)O)cc1. The molecule has 3 heteroatoms. The number of aliphatic hydroxyl groups is 1. The Morgan fingerprint density at radius 1 is 1.06 bits per heavy atom. The second kappa shape index (κ2) is 5.94. The molecule has 0 saturated carbocycles. The first-order valence-corrected chi connectivity index (χ1v) is 6.61. The van der Waals surface area contributed by atoms with Crippen LogP contribution in [-0.4, -0.2) is 12.2 Å². The maximum absolute atomic E-state index is 9.46. The molecule has 0 bridgehead atoms. The Morgan fingerprint density at radius 2 is 1.72 bits per heavy atom. The number of benzene rings is 2. The van der Waals surface area contributed by atoms with E-state index in [1.54, 1.807) is 25.8 Å². The molecule has 0 spiro atoms. The van der Waals surface area contributed by atoms with E-state index in [9.17, 15) is 5.11 Å². The van der Waals surface area contributed by atoms with E-state index in [0.717, 1.165) is 21.1 Å². The summed E-state index contributed by atoms with van der Waals surface area (Å²) < 4.78 is 5.32. The van der Waals surface area contributed by atoms with Crippen molar-refractivity contribution in [1.82, 2.24) is 0 Å². The van der Waals surface area contributed by atoms with Crippen LogP contribution in [0.2, 0.25) is 0 Å². The van der Waals surface area contributed by atoms with Gasteiger partial charge in [0.05, 0.1) is 18.1 Å². The molecule has 0 saturated heterocycles. The van der Waals surface area contributed by atoms with Crippen LogP contribution in [0.15, 0.2) is 58.3 Å². The van der Waals surface area contributed by atoms with Gasteiger partial charge in [0.2, 0.25) is 0 Å². The highest BCUT2D eigenvalue weighted by Crippen LogP contribution is 2.34. The third-order valence-electron chi connectivity index (χ3n) is 2.66. The van der Waals surface area contributed by atoms with E-state index in [-0.39, 0.29) is 0 Å². The summed E-state index contributed by atoms with van der Waals surface area (Å²) in [5, 5.41) is 9.46. The fraction of sp³-hybridized carbons (Fsp3) is 0.200. The number of methoxy groups -OCH3 is 1. The van der Waals surface area contributed by atoms with Crippen LogP contribution in [0.5, 0.6) is 5.75 Å². The third kappa shape index (κ3) is 3.06. The Bertz CT molecular complexity index is 506. The minimum absolute atomic E-state index is 0.421. The van der Waals surface area contributed by atoms with Gasteiger partial charge in [0, 0.05) is 4.90 Å². The summed E-state index contributed by atoms with van der Waals surface area (Å²) in [6.07, 6.45) is -0.421. The summed E-state index contributed by atoms with van der Waals surface area (Å²) in [6, 6.07) is 15.9. The molecule has 0 radical (unpaired) electrons. The van der Waals surface area contributed by atoms with Crippen LogP contribution in [0, 0.1) is 0 Å². The topological polar surface area (TPSA) is 29.5 Å². The van der Waals surface area contributed by atoms with Crippen molar-refractivity contribution in [1.29, 1.82) is 0 Å². The van der Waals surface area contributed by atoms with Gasteiger partial charge in [-0.15, -0.1) is 0 Å². The summed E-state index contributed by atoms with van der Waals surface area (Å²) in [6.45, 7) is 1.77. The Kier molecular flexibility index (Phi) is 4.28. The lowest BCUT2D eigenvalue weighted by atomic mass is 10.1. The zero-order chi connectivity index (χ0) is 13.0. The Labute approximate surface area is 112 Å². The number of ether oxygens (including phenoxy) is 1. The highest BCUT2D eigenvalue weighted by atomic mass is 32.2. The second-order valence-corrected chi connectivity index (χ2v) is 5.11. The van der Waals surface area contributed by atoms with Crippen LogP contribution in [0.25, 0.3) is 0 Å². The molecule has 2 aromatic carbocycles. The highest BCUT2D eigenvalue weighted by Gasteiger charge is 2.05. The molecule has 1 atom stereocenters. The monoisotopic (exact) mass is 260 g/mol. The quantitative estimate of drug-likeness (QED) is 0.904. The number of hydrogen-bond donors (Lipinski definition) is 1. The van der Waals surface area contributed by atoms with E-state index in [1.807, 2.05) is 48.5 Å². The fourth-order valence-electron chi connectivity index (χ4n) is 1.64. The Balaban J connectivity index is 2.18. The Morgan fingerprint density at radius 3 is 2.33 bits per heavy atom. The molecule has 94 valence electrons. The van der Waals surface area contributed by atoms with Crippen molar-refractivity contribution in [2.45, 2.75) is 22.8 Å². The first-order valence-electron chi connectivity index (χ1n) is 5.79. The van der Waals surface area contributed by atoms with Gasteiger partial charge in [0.15, 0.2) is 0 Å². The van der Waals surface area contributed by atoms with Gasteiger partial charge in [-0.3, -0.25) is 0 Å². The predicted molar refractivity (Wildman–Crippen MR) is 74.2 cm³/mol. The van der Waals surface area contributed by atoms with Gasteiger partial charge in [-0.05, 0) is 36.8 Å². The molecular weight excluding hydrogens is 244 g/mol. The van der Waals surface area contributed by atoms with Gasteiger partial charge in [-0.1, -0.05) is 36.0 Å². The smallest absolute Gasteiger partial charge is 0.132 e. The fourth-order valence-corrected chi connectivity index (χ4v) is 2.57. The maximum Gasteiger partial charge on any atom is 0.132 e. The van der Waals surface area contributed by atoms with Crippen molar-refractivity contribution >= 4 is 11.8 Å². The minimum atomic E-state index is -0.421. The molecule has 0 fully saturated rings. The first-order chi connectivity index (χ1) is 8.70. The third-order valence-corrected chi connectivity index (χ3v) is 3.72. The van der Waals surface area contributed by atoms with Crippen LogP contribution in [0.4, 0.5) is 0 Å². The van der Waals surface area contributed by atoms with E-state index in [4.69, 9.17) is 4.74 Å². The molecular formula is C15H16O2S. The standard InChI is InChI=1S/C15H16O2S/c1-11(16)12-7-9-13(10-8-12)18-15-6-4-3-5-14(15)17-2/h3-11,16H,1-2H3/t11-/m1/s1. The van der Waals surface area contributed by atoms with E-state index in [1.165, 1.54) is 0 Å². The number of rotatable bonds is 4. The van der Waals surface area contributed by atoms with Crippen molar-refractivity contribution in [3.63, 3.8) is 0 Å². The lowest BCUT2D eigenvalue weighted by Gasteiger charge is -2.09. The van der Waals surface area contributed by atoms with Gasteiger partial charge < -0.3 is 9.84 Å². The predicted octanol–water partition coefficient (Wildman–Crippen LogP) is 3.90. The van der Waals surface area contributed by atoms with Gasteiger partial charge in [0.1, 0.15) is 5.75 Å². The second-order valence-electron chi connectivity index (χ2n) is 4.00. The first kappa shape index (κ1) is 13.0. The molecule has 2 rings (SSSR count). The zero-order valence-electron chi connectivity index (χ0n) is 10.5. The maximum atomic E-state index is 9.46. The van der Waals surface area contributed by atoms with Crippen LogP contribution in [0.1, 0.15) is 18.6 Å². The van der Waals surface area contributed by atoms with Crippen LogP contribution >= 0.6 is 11.8 Å². The average molecular weight is 260 g/mol. The van der Waals surface area contributed by atoms with Crippen molar-refractivity contribution < 1.29 is 9.84 Å². The van der Waals surface area contributed by atoms with Crippen LogP contribution in [0.3, 0.4) is 0 Å². The van der Waals surface area contributed by atoms with Crippen LogP contribution in [-0.2, 0) is 0 Å². The number of hydrogen-bond acceptors (Lipinski definition) is 3. The van der Waals surface area contributed by atoms with Gasteiger partial charge in [-0.25, -0.2) is 0 Å². The summed E-state index contributed by atoms with van der Waals surface area (Å²) in [4.78, 5) is 2.22. The molecule has 0 aliphatic rings. The molecule has 0 unspecified atom stereocenters. The molecule has 18 heavy (non-hydrogen) atoms. The normalized spacial score (nSPS) is 12.2. The van der Waals surface area contributed by atoms with E-state index in [2.05, 4.69) is 0 Å². The van der Waals surface area contributed by atoms with E-state index in [0.29, 0.717) is 0 Å². The van der Waals surface area contributed by atoms with E-state index < -0.39 is 6.10 Å². The van der Waals surface area contributed by atoms with Gasteiger partial charge >= 0.3 is 0 Å². The average Bonchev–Trinajstić information content (AvgIpc) is 2.40. The largest absolute Gasteiger partial charge is 0.496 e. The Hall–Kier alpha value is -1.45. The summed E-state index contributed by atoms with van der Waals surface area (Å²) in [7, 11) is 1.68. The molecule has 2 aromatic rings. The molecule has 1 N–H and O–H groups in total. The molecule has 0 aliphatic heterocycles. The van der Waals surface area contributed by atoms with Crippen molar-refractivity contribution in [3.8, 4) is 5.75 Å². The van der Waals surface area contributed by atoms with E-state index >= 15 is 0 Å². The number of aliphatic hydroxyl groups excluding tert-OH is 1. The molecule has 0 aliphatic carbocycles. The van der Waals surface area contributed by atoms with Crippen molar-refractivity contribution in [3.05, 3.63) is 54.1 Å². The van der Waals surface area contributed by atoms with Gasteiger partial charge in [0.25, 0.3) is 0 Å². The molecule has 0 amide bonds. The molecule has 0 aromatic heterocycles. The lowest BCUT2D eigenvalue weighted by molar-refractivity contribution is 0.199. The molecule has 2 nitrogen and oxygen atoms in total. The summed E-state index contributed by atoms with van der Waals surface area (Å²) in [5.74, 6) is 0.877. The summed E-state index contributed by atoms with van der Waals surface area (Å²) >= 11 is 1.65. The summed E-state index contributed by atoms with van der Waals surface area (Å²) in [5.41, 5.74) is 0.930. The van der Waals surface area contributed by atoms with Crippen molar-refractivity contribution in [2.75, 3.05) is 7.11 Å². The highest BCUT2D eigenvalue weighted by molar-refractivity contribution is 7.99. The van der Waals surface area contributed by atoms with Crippen LogP contribution < -0.4 is 4.74 Å².